The Labute approximate surface area is 85.9 Å². The maximum absolute atomic E-state index is 4.62. The summed E-state index contributed by atoms with van der Waals surface area (Å²) in [6.07, 6.45) is 3.19. The molecule has 1 aliphatic carbocycles. The van der Waals surface area contributed by atoms with Crippen LogP contribution in [0.3, 0.4) is 0 Å². The largest absolute Gasteiger partial charge is 0.289 e. The van der Waals surface area contributed by atoms with E-state index in [0.717, 1.165) is 6.42 Å². The van der Waals surface area contributed by atoms with Crippen molar-refractivity contribution in [3.05, 3.63) is 35.4 Å². The zero-order chi connectivity index (χ0) is 10.2. The summed E-state index contributed by atoms with van der Waals surface area (Å²) in [5.74, 6) is 0. The van der Waals surface area contributed by atoms with Crippen molar-refractivity contribution in [3.8, 4) is 0 Å². The number of hydrogen-bond donors (Lipinski definition) is 0. The van der Waals surface area contributed by atoms with Crippen molar-refractivity contribution in [2.75, 3.05) is 0 Å². The van der Waals surface area contributed by atoms with E-state index in [9.17, 15) is 0 Å². The number of hydrogen-bond acceptors (Lipinski definition) is 1. The SMILES string of the molecule is CC(C)(C)C=NC1Cc2ccccc21. The summed E-state index contributed by atoms with van der Waals surface area (Å²) in [6.45, 7) is 6.54. The fourth-order valence-corrected chi connectivity index (χ4v) is 1.68. The molecule has 0 radical (unpaired) electrons. The van der Waals surface area contributed by atoms with Gasteiger partial charge in [0.1, 0.15) is 0 Å². The smallest absolute Gasteiger partial charge is 0.0788 e. The Morgan fingerprint density at radius 1 is 1.29 bits per heavy atom. The van der Waals surface area contributed by atoms with Crippen molar-refractivity contribution < 1.29 is 0 Å². The van der Waals surface area contributed by atoms with Crippen LogP contribution in [0.1, 0.15) is 37.9 Å². The summed E-state index contributed by atoms with van der Waals surface area (Å²) in [7, 11) is 0. The van der Waals surface area contributed by atoms with Gasteiger partial charge in [-0.25, -0.2) is 0 Å². The third-order valence-corrected chi connectivity index (χ3v) is 2.47. The van der Waals surface area contributed by atoms with E-state index in [1.807, 2.05) is 0 Å². The fraction of sp³-hybridized carbons (Fsp3) is 0.462. The van der Waals surface area contributed by atoms with Crippen LogP contribution in [0.2, 0.25) is 0 Å². The van der Waals surface area contributed by atoms with E-state index < -0.39 is 0 Å². The first-order chi connectivity index (χ1) is 6.56. The minimum absolute atomic E-state index is 0.199. The second kappa shape index (κ2) is 3.23. The quantitative estimate of drug-likeness (QED) is 0.597. The Bertz CT molecular complexity index is 358. The molecule has 14 heavy (non-hydrogen) atoms. The van der Waals surface area contributed by atoms with E-state index >= 15 is 0 Å². The second-order valence-corrected chi connectivity index (χ2v) is 5.06. The molecule has 1 unspecified atom stereocenters. The van der Waals surface area contributed by atoms with E-state index in [1.165, 1.54) is 11.1 Å². The Morgan fingerprint density at radius 2 is 2.00 bits per heavy atom. The van der Waals surface area contributed by atoms with E-state index in [4.69, 9.17) is 0 Å². The highest BCUT2D eigenvalue weighted by atomic mass is 14.8. The zero-order valence-electron chi connectivity index (χ0n) is 9.12. The maximum Gasteiger partial charge on any atom is 0.0788 e. The molecule has 74 valence electrons. The predicted molar refractivity (Wildman–Crippen MR) is 60.8 cm³/mol. The number of aliphatic imine (C=N–C) groups is 1. The molecule has 0 heterocycles. The van der Waals surface area contributed by atoms with Gasteiger partial charge in [-0.1, -0.05) is 45.0 Å². The third-order valence-electron chi connectivity index (χ3n) is 2.47. The number of nitrogens with zero attached hydrogens (tertiary/aromatic N) is 1. The highest BCUT2D eigenvalue weighted by Gasteiger charge is 2.24. The molecular formula is C13H17N. The predicted octanol–water partition coefficient (Wildman–Crippen LogP) is 3.40. The van der Waals surface area contributed by atoms with Gasteiger partial charge < -0.3 is 0 Å². The van der Waals surface area contributed by atoms with Crippen LogP contribution >= 0.6 is 0 Å². The molecule has 0 N–H and O–H groups in total. The molecule has 0 saturated carbocycles. The van der Waals surface area contributed by atoms with Gasteiger partial charge in [-0.05, 0) is 23.0 Å². The van der Waals surface area contributed by atoms with Gasteiger partial charge in [0.15, 0.2) is 0 Å². The zero-order valence-corrected chi connectivity index (χ0v) is 9.12. The third kappa shape index (κ3) is 1.87. The molecule has 0 aliphatic heterocycles. The molecule has 0 aromatic heterocycles. The van der Waals surface area contributed by atoms with Crippen molar-refractivity contribution in [2.45, 2.75) is 33.2 Å². The van der Waals surface area contributed by atoms with E-state index in [1.54, 1.807) is 0 Å². The first kappa shape index (κ1) is 9.45. The van der Waals surface area contributed by atoms with Crippen molar-refractivity contribution in [1.82, 2.24) is 0 Å². The van der Waals surface area contributed by atoms with Crippen molar-refractivity contribution in [1.29, 1.82) is 0 Å². The van der Waals surface area contributed by atoms with Gasteiger partial charge in [0.05, 0.1) is 6.04 Å². The molecule has 0 amide bonds. The minimum atomic E-state index is 0.199. The van der Waals surface area contributed by atoms with E-state index in [-0.39, 0.29) is 5.41 Å². The fourth-order valence-electron chi connectivity index (χ4n) is 1.68. The van der Waals surface area contributed by atoms with Crippen LogP contribution in [0.5, 0.6) is 0 Å². The normalized spacial score (nSPS) is 20.6. The molecule has 2 rings (SSSR count). The van der Waals surface area contributed by atoms with Crippen LogP contribution in [0.25, 0.3) is 0 Å². The van der Waals surface area contributed by atoms with E-state index in [2.05, 4.69) is 56.2 Å². The summed E-state index contributed by atoms with van der Waals surface area (Å²) >= 11 is 0. The molecule has 1 nitrogen and oxygen atoms in total. The van der Waals surface area contributed by atoms with Crippen molar-refractivity contribution in [2.24, 2.45) is 10.4 Å². The molecule has 1 aromatic carbocycles. The summed E-state index contributed by atoms with van der Waals surface area (Å²) in [4.78, 5) is 4.62. The summed E-state index contributed by atoms with van der Waals surface area (Å²) in [6, 6.07) is 8.99. The molecule has 0 fully saturated rings. The molecular weight excluding hydrogens is 170 g/mol. The Morgan fingerprint density at radius 3 is 2.64 bits per heavy atom. The minimum Gasteiger partial charge on any atom is -0.289 e. The average Bonchev–Trinajstić information content (AvgIpc) is 2.04. The molecule has 0 saturated heterocycles. The van der Waals surface area contributed by atoms with Gasteiger partial charge in [-0.15, -0.1) is 0 Å². The molecule has 1 heteroatoms. The lowest BCUT2D eigenvalue weighted by atomic mass is 9.83. The number of rotatable bonds is 1. The van der Waals surface area contributed by atoms with Gasteiger partial charge in [0, 0.05) is 6.21 Å². The molecule has 0 spiro atoms. The highest BCUT2D eigenvalue weighted by Crippen LogP contribution is 2.35. The van der Waals surface area contributed by atoms with Crippen LogP contribution < -0.4 is 0 Å². The molecule has 1 aliphatic rings. The van der Waals surface area contributed by atoms with Crippen LogP contribution in [0, 0.1) is 5.41 Å². The Balaban J connectivity index is 2.10. The van der Waals surface area contributed by atoms with Gasteiger partial charge in [-0.2, -0.15) is 0 Å². The summed E-state index contributed by atoms with van der Waals surface area (Å²) < 4.78 is 0. The highest BCUT2D eigenvalue weighted by molar-refractivity contribution is 5.65. The first-order valence-corrected chi connectivity index (χ1v) is 5.18. The van der Waals surface area contributed by atoms with Crippen LogP contribution in [-0.4, -0.2) is 6.21 Å². The summed E-state index contributed by atoms with van der Waals surface area (Å²) in [5.41, 5.74) is 3.07. The van der Waals surface area contributed by atoms with Gasteiger partial charge in [-0.3, -0.25) is 4.99 Å². The molecule has 0 bridgehead atoms. The average molecular weight is 187 g/mol. The lowest BCUT2D eigenvalue weighted by Gasteiger charge is -2.27. The topological polar surface area (TPSA) is 12.4 Å². The second-order valence-electron chi connectivity index (χ2n) is 5.06. The first-order valence-electron chi connectivity index (χ1n) is 5.18. The van der Waals surface area contributed by atoms with Gasteiger partial charge in [0.2, 0.25) is 0 Å². The lowest BCUT2D eigenvalue weighted by molar-refractivity contribution is 0.581. The Hall–Kier alpha value is -1.11. The van der Waals surface area contributed by atoms with Crippen LogP contribution in [-0.2, 0) is 6.42 Å². The monoisotopic (exact) mass is 187 g/mol. The maximum atomic E-state index is 4.62. The summed E-state index contributed by atoms with van der Waals surface area (Å²) in [5, 5.41) is 0. The van der Waals surface area contributed by atoms with Crippen molar-refractivity contribution >= 4 is 6.21 Å². The van der Waals surface area contributed by atoms with Crippen LogP contribution in [0.4, 0.5) is 0 Å². The van der Waals surface area contributed by atoms with Crippen molar-refractivity contribution in [3.63, 3.8) is 0 Å². The number of fused-ring (bicyclic) bond motifs is 1. The van der Waals surface area contributed by atoms with Crippen LogP contribution in [0.15, 0.2) is 29.3 Å². The molecule has 1 atom stereocenters. The molecule has 1 aromatic rings. The van der Waals surface area contributed by atoms with E-state index in [0.29, 0.717) is 6.04 Å². The standard InChI is InChI=1S/C13H17N/c1-13(2,3)9-14-12-8-10-6-4-5-7-11(10)12/h4-7,9,12H,8H2,1-3H3. The number of benzene rings is 1. The Kier molecular flexibility index (Phi) is 2.18. The van der Waals surface area contributed by atoms with Gasteiger partial charge >= 0.3 is 0 Å². The van der Waals surface area contributed by atoms with Gasteiger partial charge in [0.25, 0.3) is 0 Å². The lowest BCUT2D eigenvalue weighted by Crippen LogP contribution is -2.17.